The molecular formula is C24H24N4O6. The molecule has 4 rings (SSSR count). The van der Waals surface area contributed by atoms with Crippen molar-refractivity contribution < 1.29 is 23.7 Å². The van der Waals surface area contributed by atoms with E-state index in [1.807, 2.05) is 24.3 Å². The van der Waals surface area contributed by atoms with Crippen molar-refractivity contribution in [2.75, 3.05) is 25.0 Å². The van der Waals surface area contributed by atoms with Gasteiger partial charge in [-0.25, -0.2) is 0 Å². The number of hydrogen-bond acceptors (Lipinski definition) is 6. The Balaban J connectivity index is 1.26. The van der Waals surface area contributed by atoms with Crippen molar-refractivity contribution in [2.45, 2.75) is 19.8 Å². The maximum absolute atomic E-state index is 12.8. The normalized spacial score (nSPS) is 14.1. The number of hydrogen-bond donors (Lipinski definition) is 2. The molecule has 176 valence electrons. The summed E-state index contributed by atoms with van der Waals surface area (Å²) in [4.78, 5) is 49.5. The van der Waals surface area contributed by atoms with Gasteiger partial charge in [0.05, 0.1) is 4.92 Å². The molecule has 0 bridgehead atoms. The molecule has 3 amide bonds. The van der Waals surface area contributed by atoms with E-state index in [2.05, 4.69) is 10.6 Å². The van der Waals surface area contributed by atoms with E-state index in [1.54, 1.807) is 24.0 Å². The first kappa shape index (κ1) is 23.0. The number of fused-ring (bicyclic) bond motifs is 1. The molecule has 2 N–H and O–H groups in total. The zero-order valence-corrected chi connectivity index (χ0v) is 18.6. The number of carbonyl (C=O) groups excluding carboxylic acids is 3. The van der Waals surface area contributed by atoms with E-state index in [0.29, 0.717) is 42.8 Å². The summed E-state index contributed by atoms with van der Waals surface area (Å²) in [6.45, 7) is 2.99. The van der Waals surface area contributed by atoms with Crippen LogP contribution in [0.2, 0.25) is 0 Å². The number of aryl methyl sites for hydroxylation is 1. The van der Waals surface area contributed by atoms with Crippen molar-refractivity contribution in [2.24, 2.45) is 5.92 Å². The first-order valence-corrected chi connectivity index (χ1v) is 10.9. The minimum atomic E-state index is -0.968. The lowest BCUT2D eigenvalue weighted by Gasteiger charge is -2.31. The fraction of sp³-hybridized carbons (Fsp3) is 0.292. The molecule has 2 aromatic carbocycles. The predicted octanol–water partition coefficient (Wildman–Crippen LogP) is 3.26. The van der Waals surface area contributed by atoms with Crippen molar-refractivity contribution in [3.05, 3.63) is 70.0 Å². The fourth-order valence-corrected chi connectivity index (χ4v) is 3.98. The third kappa shape index (κ3) is 5.06. The number of amides is 3. The fourth-order valence-electron chi connectivity index (χ4n) is 3.98. The Kier molecular flexibility index (Phi) is 6.58. The largest absolute Gasteiger partial charge is 0.451 e. The van der Waals surface area contributed by atoms with Gasteiger partial charge in [0.2, 0.25) is 0 Å². The molecule has 0 saturated carbocycles. The van der Waals surface area contributed by atoms with Crippen LogP contribution in [-0.4, -0.2) is 47.2 Å². The van der Waals surface area contributed by atoms with Crippen molar-refractivity contribution in [1.29, 1.82) is 0 Å². The van der Waals surface area contributed by atoms with E-state index in [9.17, 15) is 24.5 Å². The van der Waals surface area contributed by atoms with Crippen LogP contribution in [0.3, 0.4) is 0 Å². The highest BCUT2D eigenvalue weighted by molar-refractivity contribution is 6.39. The molecule has 0 atom stereocenters. The molecule has 1 saturated heterocycles. The van der Waals surface area contributed by atoms with Crippen LogP contribution < -0.4 is 10.6 Å². The molecule has 0 aliphatic carbocycles. The maximum atomic E-state index is 12.8. The second-order valence-electron chi connectivity index (χ2n) is 8.33. The zero-order chi connectivity index (χ0) is 24.2. The van der Waals surface area contributed by atoms with Gasteiger partial charge >= 0.3 is 11.8 Å². The Bertz CT molecular complexity index is 1230. The zero-order valence-electron chi connectivity index (χ0n) is 18.6. The van der Waals surface area contributed by atoms with Gasteiger partial charge in [0.15, 0.2) is 5.76 Å². The molecule has 2 heterocycles. The summed E-state index contributed by atoms with van der Waals surface area (Å²) in [5.74, 6) is -1.60. The van der Waals surface area contributed by atoms with Crippen LogP contribution in [0, 0.1) is 23.0 Å². The second-order valence-corrected chi connectivity index (χ2v) is 8.33. The maximum Gasteiger partial charge on any atom is 0.313 e. The third-order valence-corrected chi connectivity index (χ3v) is 5.89. The van der Waals surface area contributed by atoms with Gasteiger partial charge in [-0.15, -0.1) is 0 Å². The minimum Gasteiger partial charge on any atom is -0.451 e. The molecule has 0 unspecified atom stereocenters. The van der Waals surface area contributed by atoms with Gasteiger partial charge in [-0.1, -0.05) is 24.3 Å². The lowest BCUT2D eigenvalue weighted by Crippen LogP contribution is -2.43. The Morgan fingerprint density at radius 3 is 2.53 bits per heavy atom. The van der Waals surface area contributed by atoms with Crippen LogP contribution in [-0.2, 0) is 9.59 Å². The first-order chi connectivity index (χ1) is 16.3. The molecule has 10 nitrogen and oxygen atoms in total. The SMILES string of the molecule is Cc1ccc(NC(=O)C(=O)NCC2CCN(C(=O)c3cc4ccccc4o3)CC2)c([N+](=O)[O-])c1. The smallest absolute Gasteiger partial charge is 0.313 e. The summed E-state index contributed by atoms with van der Waals surface area (Å²) >= 11 is 0. The summed E-state index contributed by atoms with van der Waals surface area (Å²) in [6, 6.07) is 13.5. The average Bonchev–Trinajstić information content (AvgIpc) is 3.27. The molecule has 1 aliphatic heterocycles. The van der Waals surface area contributed by atoms with E-state index in [0.717, 1.165) is 5.39 Å². The summed E-state index contributed by atoms with van der Waals surface area (Å²) < 4.78 is 5.66. The Morgan fingerprint density at radius 1 is 1.09 bits per heavy atom. The molecule has 0 spiro atoms. The Hall–Kier alpha value is -4.21. The van der Waals surface area contributed by atoms with Gasteiger partial charge in [0.1, 0.15) is 11.3 Å². The Morgan fingerprint density at radius 2 is 1.82 bits per heavy atom. The monoisotopic (exact) mass is 464 g/mol. The second kappa shape index (κ2) is 9.74. The average molecular weight is 464 g/mol. The number of nitrogens with one attached hydrogen (secondary N) is 2. The van der Waals surface area contributed by atoms with Crippen molar-refractivity contribution in [1.82, 2.24) is 10.2 Å². The topological polar surface area (TPSA) is 135 Å². The number of anilines is 1. The molecule has 34 heavy (non-hydrogen) atoms. The van der Waals surface area contributed by atoms with E-state index in [1.165, 1.54) is 12.1 Å². The van der Waals surface area contributed by atoms with Gasteiger partial charge < -0.3 is 20.0 Å². The van der Waals surface area contributed by atoms with Crippen molar-refractivity contribution in [3.8, 4) is 0 Å². The Labute approximate surface area is 195 Å². The number of nitrogens with zero attached hydrogens (tertiary/aromatic N) is 2. The van der Waals surface area contributed by atoms with E-state index >= 15 is 0 Å². The summed E-state index contributed by atoms with van der Waals surface area (Å²) in [5.41, 5.74) is 1.02. The number of nitro groups is 1. The summed E-state index contributed by atoms with van der Waals surface area (Å²) in [6.07, 6.45) is 1.33. The first-order valence-electron chi connectivity index (χ1n) is 10.9. The number of benzene rings is 2. The van der Waals surface area contributed by atoms with Crippen LogP contribution in [0.4, 0.5) is 11.4 Å². The molecule has 1 fully saturated rings. The van der Waals surface area contributed by atoms with Crippen LogP contribution in [0.25, 0.3) is 11.0 Å². The van der Waals surface area contributed by atoms with Gasteiger partial charge in [0.25, 0.3) is 11.6 Å². The molecular weight excluding hydrogens is 440 g/mol. The minimum absolute atomic E-state index is 0.0341. The van der Waals surface area contributed by atoms with Gasteiger partial charge in [-0.3, -0.25) is 24.5 Å². The van der Waals surface area contributed by atoms with Crippen LogP contribution in [0.1, 0.15) is 29.0 Å². The van der Waals surface area contributed by atoms with Crippen LogP contribution >= 0.6 is 0 Å². The highest BCUT2D eigenvalue weighted by Crippen LogP contribution is 2.25. The van der Waals surface area contributed by atoms with Gasteiger partial charge in [-0.2, -0.15) is 0 Å². The summed E-state index contributed by atoms with van der Waals surface area (Å²) in [7, 11) is 0. The van der Waals surface area contributed by atoms with Crippen molar-refractivity contribution in [3.63, 3.8) is 0 Å². The molecule has 3 aromatic rings. The van der Waals surface area contributed by atoms with Crippen molar-refractivity contribution >= 4 is 40.1 Å². The molecule has 1 aliphatic rings. The lowest BCUT2D eigenvalue weighted by molar-refractivity contribution is -0.384. The van der Waals surface area contributed by atoms with E-state index in [4.69, 9.17) is 4.42 Å². The lowest BCUT2D eigenvalue weighted by atomic mass is 9.96. The van der Waals surface area contributed by atoms with Crippen LogP contribution in [0.15, 0.2) is 52.9 Å². The number of para-hydroxylation sites is 1. The van der Waals surface area contributed by atoms with Gasteiger partial charge in [-0.05, 0) is 49.4 Å². The van der Waals surface area contributed by atoms with Gasteiger partial charge in [0, 0.05) is 31.1 Å². The highest BCUT2D eigenvalue weighted by atomic mass is 16.6. The summed E-state index contributed by atoms with van der Waals surface area (Å²) in [5, 5.41) is 16.9. The number of nitro benzene ring substituents is 1. The standard InChI is InChI=1S/C24H24N4O6/c1-15-6-7-18(19(12-15)28(32)33)26-23(30)22(29)25-14-16-8-10-27(11-9-16)24(31)21-13-17-4-2-3-5-20(17)34-21/h2-7,12-13,16H,8-11,14H2,1H3,(H,25,29)(H,26,30). The number of likely N-dealkylation sites (tertiary alicyclic amines) is 1. The third-order valence-electron chi connectivity index (χ3n) is 5.89. The number of carbonyl (C=O) groups is 3. The van der Waals surface area contributed by atoms with E-state index < -0.39 is 16.7 Å². The molecule has 0 radical (unpaired) electrons. The quantitative estimate of drug-likeness (QED) is 0.338. The number of furan rings is 1. The highest BCUT2D eigenvalue weighted by Gasteiger charge is 2.27. The van der Waals surface area contributed by atoms with Crippen LogP contribution in [0.5, 0.6) is 0 Å². The number of piperidine rings is 1. The molecule has 10 heteroatoms. The predicted molar refractivity (Wildman–Crippen MR) is 124 cm³/mol. The van der Waals surface area contributed by atoms with E-state index in [-0.39, 0.29) is 29.7 Å². The molecule has 1 aromatic heterocycles. The number of rotatable bonds is 5.